The zero-order valence-electron chi connectivity index (χ0n) is 20.0. The lowest BCUT2D eigenvalue weighted by Gasteiger charge is -2.22. The molecule has 1 fully saturated rings. The van der Waals surface area contributed by atoms with Crippen molar-refractivity contribution in [1.82, 2.24) is 4.72 Å². The molecular weight excluding hydrogens is 420 g/mol. The van der Waals surface area contributed by atoms with Gasteiger partial charge in [0.25, 0.3) is 0 Å². The van der Waals surface area contributed by atoms with Crippen LogP contribution in [0.4, 0.5) is 5.69 Å². The van der Waals surface area contributed by atoms with Crippen LogP contribution in [0.15, 0.2) is 29.2 Å². The van der Waals surface area contributed by atoms with E-state index in [-0.39, 0.29) is 16.8 Å². The van der Waals surface area contributed by atoms with Crippen molar-refractivity contribution < 1.29 is 13.2 Å². The van der Waals surface area contributed by atoms with Gasteiger partial charge in [0.15, 0.2) is 0 Å². The van der Waals surface area contributed by atoms with Gasteiger partial charge < -0.3 is 5.32 Å². The quantitative estimate of drug-likeness (QED) is 0.260. The molecule has 0 heterocycles. The van der Waals surface area contributed by atoms with Gasteiger partial charge in [0.2, 0.25) is 15.9 Å². The number of carbonyl (C=O) groups is 1. The summed E-state index contributed by atoms with van der Waals surface area (Å²) in [7, 11) is -3.50. The fraction of sp³-hybridized carbons (Fsp3) is 0.731. The van der Waals surface area contributed by atoms with E-state index in [1.165, 1.54) is 64.2 Å². The van der Waals surface area contributed by atoms with Gasteiger partial charge in [-0.3, -0.25) is 4.79 Å². The van der Waals surface area contributed by atoms with E-state index in [2.05, 4.69) is 17.0 Å². The van der Waals surface area contributed by atoms with Crippen LogP contribution in [0.2, 0.25) is 0 Å². The first-order valence-electron chi connectivity index (χ1n) is 12.9. The summed E-state index contributed by atoms with van der Waals surface area (Å²) < 4.78 is 27.9. The van der Waals surface area contributed by atoms with E-state index >= 15 is 0 Å². The predicted molar refractivity (Wildman–Crippen MR) is 133 cm³/mol. The van der Waals surface area contributed by atoms with Crippen LogP contribution in [0.1, 0.15) is 116 Å². The minimum absolute atomic E-state index is 0.00291. The number of benzene rings is 1. The summed E-state index contributed by atoms with van der Waals surface area (Å²) in [6.07, 6.45) is 19.6. The summed E-state index contributed by atoms with van der Waals surface area (Å²) in [4.78, 5) is 12.4. The second-order valence-corrected chi connectivity index (χ2v) is 11.0. The summed E-state index contributed by atoms with van der Waals surface area (Å²) >= 11 is 0. The van der Waals surface area contributed by atoms with Crippen LogP contribution in [0.3, 0.4) is 0 Å². The normalized spacial score (nSPS) is 15.0. The fourth-order valence-electron chi connectivity index (χ4n) is 4.40. The minimum Gasteiger partial charge on any atom is -0.326 e. The predicted octanol–water partition coefficient (Wildman–Crippen LogP) is 6.94. The smallest absolute Gasteiger partial charge is 0.240 e. The number of amides is 1. The number of hydrogen-bond acceptors (Lipinski definition) is 3. The van der Waals surface area contributed by atoms with Crippen molar-refractivity contribution in [3.05, 3.63) is 24.3 Å². The van der Waals surface area contributed by atoms with Gasteiger partial charge in [0, 0.05) is 18.2 Å². The van der Waals surface area contributed by atoms with Crippen LogP contribution >= 0.6 is 0 Å². The van der Waals surface area contributed by atoms with Crippen molar-refractivity contribution in [3.63, 3.8) is 0 Å². The van der Waals surface area contributed by atoms with Crippen LogP contribution in [0, 0.1) is 0 Å². The molecule has 1 aliphatic carbocycles. The molecule has 2 rings (SSSR count). The van der Waals surface area contributed by atoms with E-state index < -0.39 is 10.0 Å². The maximum Gasteiger partial charge on any atom is 0.240 e. The molecule has 6 heteroatoms. The van der Waals surface area contributed by atoms with Gasteiger partial charge in [-0.15, -0.1) is 0 Å². The van der Waals surface area contributed by atoms with Crippen LogP contribution in [-0.2, 0) is 14.8 Å². The Hall–Kier alpha value is -1.40. The molecular formula is C26H44N2O3S. The highest BCUT2D eigenvalue weighted by atomic mass is 32.2. The summed E-state index contributed by atoms with van der Waals surface area (Å²) in [5.41, 5.74) is 0.648. The maximum atomic E-state index is 12.6. The standard InChI is InChI=1S/C26H44N2O3S/c1-2-3-4-5-6-7-8-9-10-11-15-18-26(29)27-23-19-21-25(22-20-23)32(30,31)28-24-16-13-12-14-17-24/h19-22,24,28H,2-18H2,1H3,(H,27,29). The molecule has 182 valence electrons. The second-order valence-electron chi connectivity index (χ2n) is 9.31. The molecule has 0 aliphatic heterocycles. The van der Waals surface area contributed by atoms with Gasteiger partial charge >= 0.3 is 0 Å². The molecule has 0 saturated heterocycles. The molecule has 0 aromatic heterocycles. The van der Waals surface area contributed by atoms with E-state index in [1.54, 1.807) is 24.3 Å². The first-order chi connectivity index (χ1) is 15.5. The zero-order chi connectivity index (χ0) is 23.1. The average Bonchev–Trinajstić information content (AvgIpc) is 2.78. The van der Waals surface area contributed by atoms with Crippen LogP contribution in [-0.4, -0.2) is 20.4 Å². The number of rotatable bonds is 16. The Kier molecular flexibility index (Phi) is 13.0. The highest BCUT2D eigenvalue weighted by Gasteiger charge is 2.21. The van der Waals surface area contributed by atoms with Gasteiger partial charge in [-0.1, -0.05) is 90.4 Å². The fourth-order valence-corrected chi connectivity index (χ4v) is 5.70. The lowest BCUT2D eigenvalue weighted by molar-refractivity contribution is -0.116. The Balaban J connectivity index is 1.58. The molecule has 1 aliphatic rings. The lowest BCUT2D eigenvalue weighted by atomic mass is 9.96. The minimum atomic E-state index is -3.50. The summed E-state index contributed by atoms with van der Waals surface area (Å²) in [5, 5.41) is 2.88. The molecule has 1 amide bonds. The number of anilines is 1. The topological polar surface area (TPSA) is 75.3 Å². The second kappa shape index (κ2) is 15.4. The number of carbonyl (C=O) groups excluding carboxylic acids is 1. The molecule has 0 atom stereocenters. The molecule has 32 heavy (non-hydrogen) atoms. The molecule has 0 radical (unpaired) electrons. The van der Waals surface area contributed by atoms with Gasteiger partial charge in [0.1, 0.15) is 0 Å². The van der Waals surface area contributed by atoms with Crippen molar-refractivity contribution in [1.29, 1.82) is 0 Å². The van der Waals surface area contributed by atoms with Crippen LogP contribution < -0.4 is 10.0 Å². The Labute approximate surface area is 196 Å². The Morgan fingerprint density at radius 3 is 1.91 bits per heavy atom. The monoisotopic (exact) mass is 464 g/mol. The lowest BCUT2D eigenvalue weighted by Crippen LogP contribution is -2.36. The highest BCUT2D eigenvalue weighted by Crippen LogP contribution is 2.21. The first kappa shape index (κ1) is 26.8. The van der Waals surface area contributed by atoms with E-state index in [4.69, 9.17) is 0 Å². The zero-order valence-corrected chi connectivity index (χ0v) is 20.9. The Bertz CT molecular complexity index is 741. The number of unbranched alkanes of at least 4 members (excludes halogenated alkanes) is 10. The summed E-state index contributed by atoms with van der Waals surface area (Å²) in [6, 6.07) is 6.53. The van der Waals surface area contributed by atoms with E-state index in [0.717, 1.165) is 38.5 Å². The van der Waals surface area contributed by atoms with Crippen LogP contribution in [0.25, 0.3) is 0 Å². The first-order valence-corrected chi connectivity index (χ1v) is 14.4. The molecule has 5 nitrogen and oxygen atoms in total. The molecule has 0 bridgehead atoms. The highest BCUT2D eigenvalue weighted by molar-refractivity contribution is 7.89. The van der Waals surface area contributed by atoms with Crippen molar-refractivity contribution in [3.8, 4) is 0 Å². The van der Waals surface area contributed by atoms with Gasteiger partial charge in [-0.25, -0.2) is 13.1 Å². The average molecular weight is 465 g/mol. The molecule has 1 saturated carbocycles. The molecule has 2 N–H and O–H groups in total. The SMILES string of the molecule is CCCCCCCCCCCCCC(=O)Nc1ccc(S(=O)(=O)NC2CCCCC2)cc1. The number of hydrogen-bond donors (Lipinski definition) is 2. The Morgan fingerprint density at radius 1 is 0.812 bits per heavy atom. The molecule has 0 spiro atoms. The molecule has 1 aromatic rings. The maximum absolute atomic E-state index is 12.6. The van der Waals surface area contributed by atoms with Crippen molar-refractivity contribution in [2.24, 2.45) is 0 Å². The van der Waals surface area contributed by atoms with E-state index in [0.29, 0.717) is 12.1 Å². The van der Waals surface area contributed by atoms with Gasteiger partial charge in [-0.2, -0.15) is 0 Å². The van der Waals surface area contributed by atoms with Crippen molar-refractivity contribution >= 4 is 21.6 Å². The number of sulfonamides is 1. The Morgan fingerprint density at radius 2 is 1.34 bits per heavy atom. The number of nitrogens with one attached hydrogen (secondary N) is 2. The van der Waals surface area contributed by atoms with Crippen molar-refractivity contribution in [2.75, 3.05) is 5.32 Å². The summed E-state index contributed by atoms with van der Waals surface area (Å²) in [5.74, 6) is -0.00291. The van der Waals surface area contributed by atoms with Crippen LogP contribution in [0.5, 0.6) is 0 Å². The van der Waals surface area contributed by atoms with Crippen molar-refractivity contribution in [2.45, 2.75) is 127 Å². The third-order valence-electron chi connectivity index (χ3n) is 6.38. The summed E-state index contributed by atoms with van der Waals surface area (Å²) in [6.45, 7) is 2.25. The van der Waals surface area contributed by atoms with Gasteiger partial charge in [-0.05, 0) is 43.5 Å². The van der Waals surface area contributed by atoms with E-state index in [1.807, 2.05) is 0 Å². The molecule has 0 unspecified atom stereocenters. The largest absolute Gasteiger partial charge is 0.326 e. The van der Waals surface area contributed by atoms with Gasteiger partial charge in [0.05, 0.1) is 4.90 Å². The third kappa shape index (κ3) is 11.0. The van der Waals surface area contributed by atoms with E-state index in [9.17, 15) is 13.2 Å². The molecule has 1 aromatic carbocycles. The third-order valence-corrected chi connectivity index (χ3v) is 7.92.